The van der Waals surface area contributed by atoms with Crippen molar-refractivity contribution in [1.29, 1.82) is 0 Å². The van der Waals surface area contributed by atoms with Gasteiger partial charge in [0.2, 0.25) is 5.95 Å². The van der Waals surface area contributed by atoms with Crippen molar-refractivity contribution in [2.75, 3.05) is 23.7 Å². The zero-order valence-electron chi connectivity index (χ0n) is 12.4. The van der Waals surface area contributed by atoms with E-state index >= 15 is 0 Å². The predicted molar refractivity (Wildman–Crippen MR) is 89.8 cm³/mol. The van der Waals surface area contributed by atoms with Gasteiger partial charge in [0, 0.05) is 19.2 Å². The zero-order valence-corrected chi connectivity index (χ0v) is 13.1. The molecule has 8 heteroatoms. The summed E-state index contributed by atoms with van der Waals surface area (Å²) in [4.78, 5) is 19.3. The molecule has 1 heterocycles. The molecule has 5 N–H and O–H groups in total. The summed E-state index contributed by atoms with van der Waals surface area (Å²) < 4.78 is 0. The second kappa shape index (κ2) is 8.30. The zero-order chi connectivity index (χ0) is 16.7. The lowest BCUT2D eigenvalue weighted by Gasteiger charge is -2.14. The van der Waals surface area contributed by atoms with E-state index in [4.69, 9.17) is 22.4 Å². The second-order valence-corrected chi connectivity index (χ2v) is 5.22. The van der Waals surface area contributed by atoms with Gasteiger partial charge in [0.15, 0.2) is 0 Å². The van der Waals surface area contributed by atoms with Crippen molar-refractivity contribution in [1.82, 2.24) is 9.97 Å². The standard InChI is InChI=1S/C15H18ClN5O2/c16-12-8-13(19-11(9-17)14(22)23)21-15(20-12)18-7-6-10-4-2-1-3-5-10/h1-5,8,11H,6-7,9,17H2,(H,22,23)(H2,18,19,20,21)/t11-/m0/s1. The minimum atomic E-state index is -1.05. The number of benzene rings is 1. The Morgan fingerprint density at radius 3 is 2.70 bits per heavy atom. The fourth-order valence-electron chi connectivity index (χ4n) is 1.93. The molecule has 0 saturated carbocycles. The number of nitrogens with two attached hydrogens (primary N) is 1. The molecule has 122 valence electrons. The monoisotopic (exact) mass is 335 g/mol. The first-order chi connectivity index (χ1) is 11.1. The Balaban J connectivity index is 1.98. The number of nitrogens with zero attached hydrogens (tertiary/aromatic N) is 2. The molecule has 1 aromatic carbocycles. The maximum atomic E-state index is 11.0. The Hall–Kier alpha value is -2.38. The molecule has 0 bridgehead atoms. The van der Waals surface area contributed by atoms with Crippen LogP contribution < -0.4 is 16.4 Å². The number of aliphatic carboxylic acids is 1. The molecule has 0 aliphatic carbocycles. The lowest BCUT2D eigenvalue weighted by Crippen LogP contribution is -2.36. The summed E-state index contributed by atoms with van der Waals surface area (Å²) in [5.41, 5.74) is 6.60. The van der Waals surface area contributed by atoms with Crippen molar-refractivity contribution < 1.29 is 9.90 Å². The molecule has 0 radical (unpaired) electrons. The number of halogens is 1. The quantitative estimate of drug-likeness (QED) is 0.542. The van der Waals surface area contributed by atoms with Crippen LogP contribution in [0.1, 0.15) is 5.56 Å². The van der Waals surface area contributed by atoms with E-state index in [-0.39, 0.29) is 11.7 Å². The molecule has 0 unspecified atom stereocenters. The van der Waals surface area contributed by atoms with Gasteiger partial charge in [-0.1, -0.05) is 41.9 Å². The molecule has 2 aromatic rings. The third-order valence-corrected chi connectivity index (χ3v) is 3.28. The van der Waals surface area contributed by atoms with E-state index in [0.29, 0.717) is 18.3 Å². The van der Waals surface area contributed by atoms with Gasteiger partial charge < -0.3 is 21.5 Å². The highest BCUT2D eigenvalue weighted by Crippen LogP contribution is 2.15. The highest BCUT2D eigenvalue weighted by molar-refractivity contribution is 6.29. The number of hydrogen-bond donors (Lipinski definition) is 4. The number of aromatic nitrogens is 2. The van der Waals surface area contributed by atoms with Gasteiger partial charge in [0.1, 0.15) is 17.0 Å². The summed E-state index contributed by atoms with van der Waals surface area (Å²) in [6, 6.07) is 10.5. The molecule has 1 atom stereocenters. The SMILES string of the molecule is NC[C@H](Nc1cc(Cl)nc(NCCc2ccccc2)n1)C(=O)O. The van der Waals surface area contributed by atoms with Crippen LogP contribution in [0.15, 0.2) is 36.4 Å². The van der Waals surface area contributed by atoms with Gasteiger partial charge in [0.25, 0.3) is 0 Å². The number of carboxylic acids is 1. The van der Waals surface area contributed by atoms with E-state index in [1.807, 2.05) is 30.3 Å². The normalized spacial score (nSPS) is 11.7. The summed E-state index contributed by atoms with van der Waals surface area (Å²) in [6.45, 7) is 0.566. The molecule has 0 saturated heterocycles. The predicted octanol–water partition coefficient (Wildman–Crippen LogP) is 1.61. The fourth-order valence-corrected chi connectivity index (χ4v) is 2.12. The summed E-state index contributed by atoms with van der Waals surface area (Å²) in [5.74, 6) is -0.414. The van der Waals surface area contributed by atoms with Gasteiger partial charge in [0.05, 0.1) is 0 Å². The lowest BCUT2D eigenvalue weighted by atomic mass is 10.1. The number of carboxylic acid groups (broad SMARTS) is 1. The highest BCUT2D eigenvalue weighted by Gasteiger charge is 2.16. The summed E-state index contributed by atoms with van der Waals surface area (Å²) >= 11 is 5.94. The molecule has 0 aliphatic rings. The average Bonchev–Trinajstić information content (AvgIpc) is 2.53. The molecule has 0 amide bonds. The lowest BCUT2D eigenvalue weighted by molar-refractivity contribution is -0.137. The van der Waals surface area contributed by atoms with Crippen LogP contribution in [0.3, 0.4) is 0 Å². The molecule has 23 heavy (non-hydrogen) atoms. The van der Waals surface area contributed by atoms with Crippen molar-refractivity contribution >= 4 is 29.3 Å². The maximum Gasteiger partial charge on any atom is 0.327 e. The van der Waals surface area contributed by atoms with Crippen LogP contribution in [0.4, 0.5) is 11.8 Å². The van der Waals surface area contributed by atoms with E-state index in [9.17, 15) is 4.79 Å². The van der Waals surface area contributed by atoms with Crippen LogP contribution in [0.5, 0.6) is 0 Å². The fraction of sp³-hybridized carbons (Fsp3) is 0.267. The molecule has 0 spiro atoms. The minimum absolute atomic E-state index is 0.0618. The van der Waals surface area contributed by atoms with E-state index in [1.54, 1.807) is 0 Å². The van der Waals surface area contributed by atoms with Crippen molar-refractivity contribution in [2.24, 2.45) is 5.73 Å². The number of anilines is 2. The van der Waals surface area contributed by atoms with Crippen molar-refractivity contribution in [2.45, 2.75) is 12.5 Å². The van der Waals surface area contributed by atoms with E-state index in [2.05, 4.69) is 20.6 Å². The van der Waals surface area contributed by atoms with E-state index in [0.717, 1.165) is 6.42 Å². The van der Waals surface area contributed by atoms with E-state index in [1.165, 1.54) is 11.6 Å². The molecular weight excluding hydrogens is 318 g/mol. The van der Waals surface area contributed by atoms with Crippen LogP contribution in [0.25, 0.3) is 0 Å². The Kier molecular flexibility index (Phi) is 6.13. The number of hydrogen-bond acceptors (Lipinski definition) is 6. The Morgan fingerprint density at radius 2 is 2.04 bits per heavy atom. The second-order valence-electron chi connectivity index (χ2n) is 4.83. The first-order valence-corrected chi connectivity index (χ1v) is 7.48. The number of rotatable bonds is 8. The maximum absolute atomic E-state index is 11.0. The molecule has 0 fully saturated rings. The third-order valence-electron chi connectivity index (χ3n) is 3.09. The molecule has 7 nitrogen and oxygen atoms in total. The largest absolute Gasteiger partial charge is 0.480 e. The van der Waals surface area contributed by atoms with Crippen molar-refractivity contribution in [3.05, 3.63) is 47.1 Å². The summed E-state index contributed by atoms with van der Waals surface area (Å²) in [5, 5.41) is 15.0. The first-order valence-electron chi connectivity index (χ1n) is 7.10. The molecule has 1 aromatic heterocycles. The van der Waals surface area contributed by atoms with Gasteiger partial charge >= 0.3 is 5.97 Å². The topological polar surface area (TPSA) is 113 Å². The van der Waals surface area contributed by atoms with E-state index < -0.39 is 12.0 Å². The molecular formula is C15H18ClN5O2. The van der Waals surface area contributed by atoms with Crippen LogP contribution in [0.2, 0.25) is 5.15 Å². The summed E-state index contributed by atoms with van der Waals surface area (Å²) in [6.07, 6.45) is 0.806. The van der Waals surface area contributed by atoms with Gasteiger partial charge in [-0.2, -0.15) is 4.98 Å². The number of nitrogens with one attached hydrogen (secondary N) is 2. The number of carbonyl (C=O) groups is 1. The van der Waals surface area contributed by atoms with Crippen LogP contribution >= 0.6 is 11.6 Å². The molecule has 0 aliphatic heterocycles. The van der Waals surface area contributed by atoms with Gasteiger partial charge in [-0.3, -0.25) is 0 Å². The minimum Gasteiger partial charge on any atom is -0.480 e. The average molecular weight is 336 g/mol. The summed E-state index contributed by atoms with van der Waals surface area (Å²) in [7, 11) is 0. The van der Waals surface area contributed by atoms with Gasteiger partial charge in [-0.25, -0.2) is 9.78 Å². The smallest absolute Gasteiger partial charge is 0.327 e. The van der Waals surface area contributed by atoms with Crippen molar-refractivity contribution in [3.63, 3.8) is 0 Å². The highest BCUT2D eigenvalue weighted by atomic mass is 35.5. The van der Waals surface area contributed by atoms with Gasteiger partial charge in [-0.05, 0) is 12.0 Å². The Bertz CT molecular complexity index is 654. The molecule has 2 rings (SSSR count). The van der Waals surface area contributed by atoms with Crippen molar-refractivity contribution in [3.8, 4) is 0 Å². The Morgan fingerprint density at radius 1 is 1.30 bits per heavy atom. The van der Waals surface area contributed by atoms with Crippen LogP contribution in [-0.4, -0.2) is 40.2 Å². The van der Waals surface area contributed by atoms with Gasteiger partial charge in [-0.15, -0.1) is 0 Å². The third kappa shape index (κ3) is 5.39. The van der Waals surface area contributed by atoms with Crippen LogP contribution in [-0.2, 0) is 11.2 Å². The Labute approximate surface area is 138 Å². The van der Waals surface area contributed by atoms with Crippen LogP contribution in [0, 0.1) is 0 Å². The first kappa shape index (κ1) is 17.0.